The SMILES string of the molecule is Cc1nc(C)c(C(=O)N2CCC(C)C(N)C2)o1. The maximum absolute atomic E-state index is 12.2. The van der Waals surface area contributed by atoms with Gasteiger partial charge in [0.15, 0.2) is 5.89 Å². The Bertz CT molecular complexity index is 427. The molecule has 1 aromatic heterocycles. The van der Waals surface area contributed by atoms with E-state index in [4.69, 9.17) is 10.2 Å². The van der Waals surface area contributed by atoms with Crippen LogP contribution in [0.2, 0.25) is 0 Å². The number of likely N-dealkylation sites (tertiary alicyclic amines) is 1. The predicted molar refractivity (Wildman–Crippen MR) is 63.6 cm³/mol. The van der Waals surface area contributed by atoms with Gasteiger partial charge in [-0.3, -0.25) is 4.79 Å². The lowest BCUT2D eigenvalue weighted by molar-refractivity contribution is 0.0638. The number of hydrogen-bond donors (Lipinski definition) is 1. The van der Waals surface area contributed by atoms with Crippen LogP contribution in [0.3, 0.4) is 0 Å². The van der Waals surface area contributed by atoms with Gasteiger partial charge in [0.2, 0.25) is 5.76 Å². The zero-order valence-corrected chi connectivity index (χ0v) is 10.6. The molecule has 1 fully saturated rings. The van der Waals surface area contributed by atoms with Gasteiger partial charge in [0.25, 0.3) is 5.91 Å². The molecular formula is C12H19N3O2. The molecule has 0 radical (unpaired) electrons. The molecule has 2 rings (SSSR count). The molecule has 2 N–H and O–H groups in total. The van der Waals surface area contributed by atoms with Crippen molar-refractivity contribution in [2.75, 3.05) is 13.1 Å². The lowest BCUT2D eigenvalue weighted by atomic mass is 9.94. The maximum Gasteiger partial charge on any atom is 0.291 e. The maximum atomic E-state index is 12.2. The van der Waals surface area contributed by atoms with E-state index in [2.05, 4.69) is 11.9 Å². The standard InChI is InChI=1S/C12H19N3O2/c1-7-4-5-15(6-10(7)13)12(16)11-8(2)14-9(3)17-11/h7,10H,4-6,13H2,1-3H3. The van der Waals surface area contributed by atoms with Crippen molar-refractivity contribution >= 4 is 5.91 Å². The highest BCUT2D eigenvalue weighted by atomic mass is 16.4. The highest BCUT2D eigenvalue weighted by Crippen LogP contribution is 2.19. The summed E-state index contributed by atoms with van der Waals surface area (Å²) in [6.07, 6.45) is 0.944. The second-order valence-corrected chi connectivity index (χ2v) is 4.83. The van der Waals surface area contributed by atoms with Gasteiger partial charge in [-0.15, -0.1) is 0 Å². The predicted octanol–water partition coefficient (Wildman–Crippen LogP) is 1.10. The zero-order chi connectivity index (χ0) is 12.6. The highest BCUT2D eigenvalue weighted by Gasteiger charge is 2.29. The number of aryl methyl sites for hydroxylation is 2. The molecule has 1 saturated heterocycles. The second-order valence-electron chi connectivity index (χ2n) is 4.83. The molecule has 1 amide bonds. The van der Waals surface area contributed by atoms with Crippen molar-refractivity contribution in [2.45, 2.75) is 33.2 Å². The number of hydrogen-bond acceptors (Lipinski definition) is 4. The molecule has 0 saturated carbocycles. The quantitative estimate of drug-likeness (QED) is 0.794. The Balaban J connectivity index is 2.13. The Labute approximate surface area is 101 Å². The summed E-state index contributed by atoms with van der Waals surface area (Å²) in [6.45, 7) is 6.99. The van der Waals surface area contributed by atoms with E-state index in [1.807, 2.05) is 0 Å². The van der Waals surface area contributed by atoms with E-state index >= 15 is 0 Å². The Hall–Kier alpha value is -1.36. The van der Waals surface area contributed by atoms with Gasteiger partial charge in [0.1, 0.15) is 0 Å². The molecule has 17 heavy (non-hydrogen) atoms. The topological polar surface area (TPSA) is 72.4 Å². The van der Waals surface area contributed by atoms with Crippen LogP contribution in [0.1, 0.15) is 35.5 Å². The molecule has 0 bridgehead atoms. The Kier molecular flexibility index (Phi) is 3.19. The van der Waals surface area contributed by atoms with Crippen LogP contribution in [0.25, 0.3) is 0 Å². The van der Waals surface area contributed by atoms with E-state index in [0.29, 0.717) is 29.8 Å². The van der Waals surface area contributed by atoms with Gasteiger partial charge in [-0.25, -0.2) is 4.98 Å². The third kappa shape index (κ3) is 2.34. The summed E-state index contributed by atoms with van der Waals surface area (Å²) in [7, 11) is 0. The third-order valence-corrected chi connectivity index (χ3v) is 3.40. The highest BCUT2D eigenvalue weighted by molar-refractivity contribution is 5.92. The van der Waals surface area contributed by atoms with Crippen molar-refractivity contribution in [1.29, 1.82) is 0 Å². The minimum atomic E-state index is -0.0922. The number of nitrogens with zero attached hydrogens (tertiary/aromatic N) is 2. The molecule has 2 atom stereocenters. The number of rotatable bonds is 1. The minimum absolute atomic E-state index is 0.0528. The molecule has 0 aromatic carbocycles. The summed E-state index contributed by atoms with van der Waals surface area (Å²) >= 11 is 0. The lowest BCUT2D eigenvalue weighted by Crippen LogP contribution is -2.49. The van der Waals surface area contributed by atoms with Crippen LogP contribution >= 0.6 is 0 Å². The minimum Gasteiger partial charge on any atom is -0.436 e. The van der Waals surface area contributed by atoms with Crippen molar-refractivity contribution in [3.05, 3.63) is 17.3 Å². The summed E-state index contributed by atoms with van der Waals surface area (Å²) in [6, 6.07) is 0.0528. The van der Waals surface area contributed by atoms with Crippen LogP contribution in [-0.2, 0) is 0 Å². The first kappa shape index (κ1) is 12.1. The van der Waals surface area contributed by atoms with Crippen LogP contribution < -0.4 is 5.73 Å². The van der Waals surface area contributed by atoms with Crippen molar-refractivity contribution in [3.63, 3.8) is 0 Å². The van der Waals surface area contributed by atoms with E-state index in [1.165, 1.54) is 0 Å². The zero-order valence-electron chi connectivity index (χ0n) is 10.6. The largest absolute Gasteiger partial charge is 0.436 e. The number of carbonyl (C=O) groups excluding carboxylic acids is 1. The molecule has 5 heteroatoms. The molecule has 2 unspecified atom stereocenters. The van der Waals surface area contributed by atoms with Gasteiger partial charge in [0, 0.05) is 26.1 Å². The monoisotopic (exact) mass is 237 g/mol. The first-order chi connectivity index (χ1) is 7.99. The van der Waals surface area contributed by atoms with Gasteiger partial charge in [0.05, 0.1) is 5.69 Å². The number of piperidine rings is 1. The van der Waals surface area contributed by atoms with Crippen LogP contribution in [0.15, 0.2) is 4.42 Å². The Morgan fingerprint density at radius 2 is 2.24 bits per heavy atom. The van der Waals surface area contributed by atoms with E-state index < -0.39 is 0 Å². The molecule has 94 valence electrons. The molecule has 1 aromatic rings. The van der Waals surface area contributed by atoms with Crippen molar-refractivity contribution in [3.8, 4) is 0 Å². The summed E-state index contributed by atoms with van der Waals surface area (Å²) in [5, 5.41) is 0. The van der Waals surface area contributed by atoms with E-state index in [9.17, 15) is 4.79 Å². The molecule has 1 aliphatic rings. The summed E-state index contributed by atoms with van der Waals surface area (Å²) in [5.74, 6) is 1.26. The molecule has 5 nitrogen and oxygen atoms in total. The Morgan fingerprint density at radius 1 is 1.53 bits per heavy atom. The number of oxazole rings is 1. The van der Waals surface area contributed by atoms with Gasteiger partial charge >= 0.3 is 0 Å². The first-order valence-electron chi connectivity index (χ1n) is 5.98. The Morgan fingerprint density at radius 3 is 2.76 bits per heavy atom. The third-order valence-electron chi connectivity index (χ3n) is 3.40. The van der Waals surface area contributed by atoms with E-state index in [1.54, 1.807) is 18.7 Å². The van der Waals surface area contributed by atoms with Crippen LogP contribution in [0.4, 0.5) is 0 Å². The van der Waals surface area contributed by atoms with Crippen molar-refractivity contribution in [2.24, 2.45) is 11.7 Å². The van der Waals surface area contributed by atoms with Crippen LogP contribution in [0, 0.1) is 19.8 Å². The lowest BCUT2D eigenvalue weighted by Gasteiger charge is -2.34. The van der Waals surface area contributed by atoms with Crippen molar-refractivity contribution in [1.82, 2.24) is 9.88 Å². The van der Waals surface area contributed by atoms with Crippen LogP contribution in [-0.4, -0.2) is 34.9 Å². The summed E-state index contributed by atoms with van der Waals surface area (Å²) < 4.78 is 5.35. The first-order valence-corrected chi connectivity index (χ1v) is 5.98. The van der Waals surface area contributed by atoms with Crippen molar-refractivity contribution < 1.29 is 9.21 Å². The smallest absolute Gasteiger partial charge is 0.291 e. The fourth-order valence-corrected chi connectivity index (χ4v) is 2.16. The average Bonchev–Trinajstić information content (AvgIpc) is 2.61. The number of carbonyl (C=O) groups is 1. The van der Waals surface area contributed by atoms with Gasteiger partial charge in [-0.1, -0.05) is 6.92 Å². The second kappa shape index (κ2) is 4.49. The normalized spacial score (nSPS) is 25.1. The fourth-order valence-electron chi connectivity index (χ4n) is 2.16. The van der Waals surface area contributed by atoms with Gasteiger partial charge < -0.3 is 15.1 Å². The molecule has 1 aliphatic heterocycles. The van der Waals surface area contributed by atoms with Gasteiger partial charge in [-0.2, -0.15) is 0 Å². The van der Waals surface area contributed by atoms with E-state index in [-0.39, 0.29) is 11.9 Å². The van der Waals surface area contributed by atoms with E-state index in [0.717, 1.165) is 13.0 Å². The fraction of sp³-hybridized carbons (Fsp3) is 0.667. The van der Waals surface area contributed by atoms with Gasteiger partial charge in [-0.05, 0) is 19.3 Å². The average molecular weight is 237 g/mol. The molecule has 0 aliphatic carbocycles. The summed E-state index contributed by atoms with van der Waals surface area (Å²) in [4.78, 5) is 18.1. The number of nitrogens with two attached hydrogens (primary N) is 1. The number of aromatic nitrogens is 1. The number of amides is 1. The molecule has 2 heterocycles. The van der Waals surface area contributed by atoms with Crippen LogP contribution in [0.5, 0.6) is 0 Å². The molecular weight excluding hydrogens is 218 g/mol. The molecule has 0 spiro atoms. The summed E-state index contributed by atoms with van der Waals surface area (Å²) in [5.41, 5.74) is 6.64.